The minimum atomic E-state index is -0.915. The van der Waals surface area contributed by atoms with Crippen LogP contribution in [0.3, 0.4) is 0 Å². The third kappa shape index (κ3) is 2.87. The van der Waals surface area contributed by atoms with Gasteiger partial charge in [0, 0.05) is 18.7 Å². The molecule has 0 aliphatic heterocycles. The number of allylic oxidation sites excluding steroid dienone is 2. The van der Waals surface area contributed by atoms with Gasteiger partial charge in [0.05, 0.1) is 23.1 Å². The second-order valence-corrected chi connectivity index (χ2v) is 6.81. The number of halogens is 2. The first-order valence-corrected chi connectivity index (χ1v) is 8.90. The van der Waals surface area contributed by atoms with Crippen molar-refractivity contribution in [2.45, 2.75) is 38.6 Å². The highest BCUT2D eigenvalue weighted by Gasteiger charge is 2.31. The molecule has 0 amide bonds. The Labute approximate surface area is 153 Å². The van der Waals surface area contributed by atoms with Gasteiger partial charge >= 0.3 is 5.97 Å². The Morgan fingerprint density at radius 1 is 1.26 bits per heavy atom. The molecule has 5 nitrogen and oxygen atoms in total. The smallest absolute Gasteiger partial charge is 0.343 e. The monoisotopic (exact) mass is 373 g/mol. The largest absolute Gasteiger partial charge is 0.462 e. The summed E-state index contributed by atoms with van der Waals surface area (Å²) >= 11 is 0. The lowest BCUT2D eigenvalue weighted by molar-refractivity contribution is -0.114. The molecule has 1 aromatic carbocycles. The van der Waals surface area contributed by atoms with Crippen molar-refractivity contribution in [1.82, 2.24) is 4.57 Å². The summed E-state index contributed by atoms with van der Waals surface area (Å²) in [7, 11) is 0. The van der Waals surface area contributed by atoms with Crippen molar-refractivity contribution in [1.29, 1.82) is 0 Å². The Morgan fingerprint density at radius 2 is 2.00 bits per heavy atom. The number of rotatable bonds is 4. The zero-order valence-corrected chi connectivity index (χ0v) is 14.7. The summed E-state index contributed by atoms with van der Waals surface area (Å²) in [5.41, 5.74) is -1.02. The first kappa shape index (κ1) is 17.6. The SMILES string of the molecule is CCOC(=O)c1cn(C2CC2)c2c(F)c(C3=CC(=O)CC3)c(F)cc2c1=O. The number of carbonyl (C=O) groups excluding carboxylic acids is 2. The summed E-state index contributed by atoms with van der Waals surface area (Å²) < 4.78 is 36.5. The maximum Gasteiger partial charge on any atom is 0.343 e. The van der Waals surface area contributed by atoms with Crippen molar-refractivity contribution in [3.05, 3.63) is 51.3 Å². The lowest BCUT2D eigenvalue weighted by atomic mass is 10.00. The standard InChI is InChI=1S/C20H17F2NO4/c1-2-27-20(26)14-9-23(11-4-5-11)18-13(19(14)25)8-15(21)16(17(18)22)10-3-6-12(24)7-10/h7-9,11H,2-6H2,1H3. The quantitative estimate of drug-likeness (QED) is 0.769. The Balaban J connectivity index is 2.03. The summed E-state index contributed by atoms with van der Waals surface area (Å²) in [6.45, 7) is 1.70. The Hall–Kier alpha value is -2.83. The molecule has 4 rings (SSSR count). The number of ether oxygens (including phenoxy) is 1. The lowest BCUT2D eigenvalue weighted by Gasteiger charge is -2.16. The molecule has 27 heavy (non-hydrogen) atoms. The van der Waals surface area contributed by atoms with Crippen molar-refractivity contribution in [3.8, 4) is 0 Å². The Kier molecular flexibility index (Phi) is 4.17. The van der Waals surface area contributed by atoms with Crippen molar-refractivity contribution in [2.24, 2.45) is 0 Å². The summed E-state index contributed by atoms with van der Waals surface area (Å²) in [5, 5.41) is -0.198. The average molecular weight is 373 g/mol. The topological polar surface area (TPSA) is 65.4 Å². The highest BCUT2D eigenvalue weighted by molar-refractivity contribution is 6.03. The summed E-state index contributed by atoms with van der Waals surface area (Å²) in [6.07, 6.45) is 4.57. The van der Waals surface area contributed by atoms with Gasteiger partial charge in [-0.2, -0.15) is 0 Å². The van der Waals surface area contributed by atoms with Gasteiger partial charge in [0.2, 0.25) is 5.43 Å². The fourth-order valence-corrected chi connectivity index (χ4v) is 3.52. The van der Waals surface area contributed by atoms with Crippen molar-refractivity contribution >= 4 is 28.2 Å². The molecule has 140 valence electrons. The number of carbonyl (C=O) groups is 2. The van der Waals surface area contributed by atoms with Crippen LogP contribution in [0, 0.1) is 11.6 Å². The number of benzene rings is 1. The molecular weight excluding hydrogens is 356 g/mol. The molecule has 2 aliphatic rings. The molecule has 2 aliphatic carbocycles. The molecular formula is C20H17F2NO4. The molecule has 0 N–H and O–H groups in total. The molecule has 2 aromatic rings. The number of esters is 1. The van der Waals surface area contributed by atoms with Gasteiger partial charge in [-0.15, -0.1) is 0 Å². The van der Waals surface area contributed by atoms with Crippen LogP contribution in [0.5, 0.6) is 0 Å². The molecule has 0 atom stereocenters. The lowest BCUT2D eigenvalue weighted by Crippen LogP contribution is -2.22. The van der Waals surface area contributed by atoms with E-state index in [1.54, 1.807) is 6.92 Å². The molecule has 0 bridgehead atoms. The predicted octanol–water partition coefficient (Wildman–Crippen LogP) is 3.54. The van der Waals surface area contributed by atoms with Crippen LogP contribution in [0.4, 0.5) is 8.78 Å². The number of hydrogen-bond acceptors (Lipinski definition) is 4. The summed E-state index contributed by atoms with van der Waals surface area (Å²) in [4.78, 5) is 36.3. The minimum absolute atomic E-state index is 0.0350. The highest BCUT2D eigenvalue weighted by Crippen LogP contribution is 2.40. The van der Waals surface area contributed by atoms with Crippen LogP contribution >= 0.6 is 0 Å². The van der Waals surface area contributed by atoms with Gasteiger partial charge in [-0.3, -0.25) is 9.59 Å². The van der Waals surface area contributed by atoms with E-state index in [1.165, 1.54) is 16.8 Å². The predicted molar refractivity (Wildman–Crippen MR) is 94.6 cm³/mol. The molecule has 7 heteroatoms. The normalized spacial score (nSPS) is 16.7. The highest BCUT2D eigenvalue weighted by atomic mass is 19.1. The molecule has 0 saturated heterocycles. The third-order valence-corrected chi connectivity index (χ3v) is 4.94. The molecule has 1 fully saturated rings. The van der Waals surface area contributed by atoms with E-state index in [-0.39, 0.29) is 53.3 Å². The van der Waals surface area contributed by atoms with E-state index in [2.05, 4.69) is 0 Å². The second-order valence-electron chi connectivity index (χ2n) is 6.81. The van der Waals surface area contributed by atoms with E-state index in [0.29, 0.717) is 5.57 Å². The average Bonchev–Trinajstić information content (AvgIpc) is 3.38. The zero-order chi connectivity index (χ0) is 19.3. The molecule has 1 aromatic heterocycles. The molecule has 1 saturated carbocycles. The van der Waals surface area contributed by atoms with E-state index in [1.807, 2.05) is 0 Å². The molecule has 0 spiro atoms. The molecule has 1 heterocycles. The van der Waals surface area contributed by atoms with Crippen LogP contribution in [0.15, 0.2) is 23.1 Å². The fraction of sp³-hybridized carbons (Fsp3) is 0.350. The Morgan fingerprint density at radius 3 is 2.59 bits per heavy atom. The fourth-order valence-electron chi connectivity index (χ4n) is 3.52. The summed E-state index contributed by atoms with van der Waals surface area (Å²) in [5.74, 6) is -2.78. The minimum Gasteiger partial charge on any atom is -0.462 e. The van der Waals surface area contributed by atoms with Gasteiger partial charge in [-0.05, 0) is 43.9 Å². The number of aromatic nitrogens is 1. The zero-order valence-electron chi connectivity index (χ0n) is 14.7. The summed E-state index contributed by atoms with van der Waals surface area (Å²) in [6, 6.07) is 0.898. The first-order chi connectivity index (χ1) is 12.9. The Bertz CT molecular complexity index is 1080. The third-order valence-electron chi connectivity index (χ3n) is 4.94. The number of fused-ring (bicyclic) bond motifs is 1. The van der Waals surface area contributed by atoms with Crippen LogP contribution in [-0.2, 0) is 9.53 Å². The number of hydrogen-bond donors (Lipinski definition) is 0. The van der Waals surface area contributed by atoms with E-state index in [4.69, 9.17) is 4.74 Å². The van der Waals surface area contributed by atoms with Crippen molar-refractivity contribution in [2.75, 3.05) is 6.61 Å². The van der Waals surface area contributed by atoms with Crippen LogP contribution in [-0.4, -0.2) is 22.9 Å². The van der Waals surface area contributed by atoms with Crippen LogP contribution in [0.2, 0.25) is 0 Å². The van der Waals surface area contributed by atoms with Crippen molar-refractivity contribution < 1.29 is 23.1 Å². The van der Waals surface area contributed by atoms with Crippen LogP contribution in [0.1, 0.15) is 54.6 Å². The van der Waals surface area contributed by atoms with Crippen molar-refractivity contribution in [3.63, 3.8) is 0 Å². The van der Waals surface area contributed by atoms with Gasteiger partial charge < -0.3 is 9.30 Å². The maximum absolute atomic E-state index is 15.4. The second kappa shape index (κ2) is 6.40. The van der Waals surface area contributed by atoms with Crippen LogP contribution < -0.4 is 5.43 Å². The first-order valence-electron chi connectivity index (χ1n) is 8.90. The van der Waals surface area contributed by atoms with Gasteiger partial charge in [-0.25, -0.2) is 13.6 Å². The van der Waals surface area contributed by atoms with Crippen LogP contribution in [0.25, 0.3) is 16.5 Å². The van der Waals surface area contributed by atoms with E-state index >= 15 is 4.39 Å². The van der Waals surface area contributed by atoms with E-state index in [0.717, 1.165) is 18.9 Å². The van der Waals surface area contributed by atoms with Gasteiger partial charge in [0.25, 0.3) is 0 Å². The number of pyridine rings is 1. The van der Waals surface area contributed by atoms with Gasteiger partial charge in [0.15, 0.2) is 11.6 Å². The van der Waals surface area contributed by atoms with Gasteiger partial charge in [0.1, 0.15) is 11.4 Å². The maximum atomic E-state index is 15.4. The number of nitrogens with zero attached hydrogens (tertiary/aromatic N) is 1. The molecule has 0 unspecified atom stereocenters. The van der Waals surface area contributed by atoms with E-state index < -0.39 is 23.0 Å². The number of ketones is 1. The molecule has 0 radical (unpaired) electrons. The van der Waals surface area contributed by atoms with Gasteiger partial charge in [-0.1, -0.05) is 0 Å². The van der Waals surface area contributed by atoms with E-state index in [9.17, 15) is 18.8 Å².